The summed E-state index contributed by atoms with van der Waals surface area (Å²) < 4.78 is 6.49. The third-order valence-electron chi connectivity index (χ3n) is 2.75. The highest BCUT2D eigenvalue weighted by Crippen LogP contribution is 2.23. The molecule has 1 amide bonds. The van der Waals surface area contributed by atoms with Gasteiger partial charge in [0.25, 0.3) is 0 Å². The molecule has 1 aromatic heterocycles. The predicted molar refractivity (Wildman–Crippen MR) is 72.0 cm³/mol. The highest BCUT2D eigenvalue weighted by molar-refractivity contribution is 6.30. The van der Waals surface area contributed by atoms with Crippen molar-refractivity contribution in [1.29, 1.82) is 0 Å². The monoisotopic (exact) mass is 279 g/mol. The number of carbonyl (C=O) groups excluding carboxylic acids is 1. The number of rotatable bonds is 3. The molecule has 0 aliphatic heterocycles. The van der Waals surface area contributed by atoms with Crippen molar-refractivity contribution >= 4 is 17.7 Å². The number of amides is 1. The fourth-order valence-corrected chi connectivity index (χ4v) is 2.01. The van der Waals surface area contributed by atoms with Crippen molar-refractivity contribution < 1.29 is 9.53 Å². The molecule has 2 rings (SSSR count). The molecule has 0 radical (unpaired) electrons. The molecule has 100 valence electrons. The number of methoxy groups -OCH3 is 1. The maximum Gasteiger partial charge on any atom is 0.407 e. The summed E-state index contributed by atoms with van der Waals surface area (Å²) in [5, 5.41) is 3.35. The number of ether oxygens (including phenoxy) is 1. The quantitative estimate of drug-likeness (QED) is 0.939. The minimum atomic E-state index is -0.520. The van der Waals surface area contributed by atoms with E-state index in [1.165, 1.54) is 7.11 Å². The Kier molecular flexibility index (Phi) is 4.06. The molecule has 5 nitrogen and oxygen atoms in total. The van der Waals surface area contributed by atoms with Gasteiger partial charge in [-0.15, -0.1) is 0 Å². The lowest BCUT2D eigenvalue weighted by atomic mass is 10.1. The Labute approximate surface area is 116 Å². The maximum absolute atomic E-state index is 11.5. The second kappa shape index (κ2) is 5.75. The number of hydrogen-bond acceptors (Lipinski definition) is 3. The van der Waals surface area contributed by atoms with Gasteiger partial charge in [-0.1, -0.05) is 23.7 Å². The molecule has 0 saturated heterocycles. The van der Waals surface area contributed by atoms with Crippen molar-refractivity contribution in [2.75, 3.05) is 7.11 Å². The van der Waals surface area contributed by atoms with E-state index in [4.69, 9.17) is 11.6 Å². The molecule has 1 aromatic carbocycles. The zero-order valence-corrected chi connectivity index (χ0v) is 11.4. The highest BCUT2D eigenvalue weighted by Gasteiger charge is 2.21. The lowest BCUT2D eigenvalue weighted by Gasteiger charge is -2.18. The van der Waals surface area contributed by atoms with Crippen LogP contribution < -0.4 is 5.32 Å². The summed E-state index contributed by atoms with van der Waals surface area (Å²) in [7, 11) is 3.18. The maximum atomic E-state index is 11.5. The molecule has 0 bridgehead atoms. The van der Waals surface area contributed by atoms with Crippen LogP contribution in [0.25, 0.3) is 0 Å². The van der Waals surface area contributed by atoms with Crippen molar-refractivity contribution in [1.82, 2.24) is 14.9 Å². The van der Waals surface area contributed by atoms with Gasteiger partial charge in [-0.2, -0.15) is 0 Å². The Bertz CT molecular complexity index is 583. The number of alkyl carbamates (subject to hydrolysis) is 1. The molecule has 0 fully saturated rings. The van der Waals surface area contributed by atoms with Gasteiger partial charge in [-0.3, -0.25) is 0 Å². The molecule has 0 saturated carbocycles. The minimum Gasteiger partial charge on any atom is -0.453 e. The van der Waals surface area contributed by atoms with E-state index >= 15 is 0 Å². The van der Waals surface area contributed by atoms with E-state index in [1.54, 1.807) is 18.3 Å². The molecule has 0 aliphatic rings. The normalized spacial score (nSPS) is 11.9. The number of nitrogens with zero attached hydrogens (tertiary/aromatic N) is 2. The molecule has 2 aromatic rings. The van der Waals surface area contributed by atoms with Gasteiger partial charge < -0.3 is 14.6 Å². The summed E-state index contributed by atoms with van der Waals surface area (Å²) in [4.78, 5) is 15.7. The summed E-state index contributed by atoms with van der Waals surface area (Å²) >= 11 is 5.99. The number of hydrogen-bond donors (Lipinski definition) is 1. The topological polar surface area (TPSA) is 56.1 Å². The largest absolute Gasteiger partial charge is 0.453 e. The number of benzene rings is 1. The summed E-state index contributed by atoms with van der Waals surface area (Å²) in [5.74, 6) is 0.702. The van der Waals surface area contributed by atoms with Crippen molar-refractivity contribution in [2.45, 2.75) is 6.04 Å². The first-order valence-corrected chi connectivity index (χ1v) is 6.06. The molecule has 1 unspecified atom stereocenters. The van der Waals surface area contributed by atoms with E-state index in [0.29, 0.717) is 10.8 Å². The lowest BCUT2D eigenvalue weighted by molar-refractivity contribution is 0.168. The van der Waals surface area contributed by atoms with Gasteiger partial charge in [0.2, 0.25) is 0 Å². The van der Waals surface area contributed by atoms with Crippen LogP contribution in [0.15, 0.2) is 36.7 Å². The van der Waals surface area contributed by atoms with Gasteiger partial charge in [-0.05, 0) is 17.7 Å². The number of nitrogens with one attached hydrogen (secondary N) is 1. The average Bonchev–Trinajstić information content (AvgIpc) is 2.81. The molecule has 6 heteroatoms. The molecular formula is C13H14ClN3O2. The predicted octanol–water partition coefficient (Wildman–Crippen LogP) is 2.52. The molecular weight excluding hydrogens is 266 g/mol. The van der Waals surface area contributed by atoms with Gasteiger partial charge in [0.1, 0.15) is 11.9 Å². The van der Waals surface area contributed by atoms with E-state index in [0.717, 1.165) is 5.56 Å². The third kappa shape index (κ3) is 3.06. The first-order chi connectivity index (χ1) is 9.11. The van der Waals surface area contributed by atoms with Crippen LogP contribution in [-0.2, 0) is 11.8 Å². The Morgan fingerprint density at radius 2 is 2.32 bits per heavy atom. The Morgan fingerprint density at radius 1 is 1.53 bits per heavy atom. The van der Waals surface area contributed by atoms with Crippen molar-refractivity contribution in [3.8, 4) is 0 Å². The first-order valence-electron chi connectivity index (χ1n) is 5.69. The molecule has 1 atom stereocenters. The highest BCUT2D eigenvalue weighted by atomic mass is 35.5. The van der Waals surface area contributed by atoms with Gasteiger partial charge in [0, 0.05) is 24.5 Å². The zero-order chi connectivity index (χ0) is 13.8. The van der Waals surface area contributed by atoms with Crippen molar-refractivity contribution in [3.63, 3.8) is 0 Å². The van der Waals surface area contributed by atoms with Crippen LogP contribution in [0.4, 0.5) is 4.79 Å². The van der Waals surface area contributed by atoms with E-state index in [-0.39, 0.29) is 0 Å². The fraction of sp³-hybridized carbons (Fsp3) is 0.231. The summed E-state index contributed by atoms with van der Waals surface area (Å²) in [5.41, 5.74) is 0.840. The van der Waals surface area contributed by atoms with Crippen molar-refractivity contribution in [3.05, 3.63) is 53.1 Å². The number of halogens is 1. The van der Waals surface area contributed by atoms with Crippen LogP contribution in [0.1, 0.15) is 17.4 Å². The number of aromatic nitrogens is 2. The summed E-state index contributed by atoms with van der Waals surface area (Å²) in [6.07, 6.45) is 2.96. The molecule has 1 N–H and O–H groups in total. The van der Waals surface area contributed by atoms with Gasteiger partial charge in [-0.25, -0.2) is 9.78 Å². The Morgan fingerprint density at radius 3 is 2.89 bits per heavy atom. The van der Waals surface area contributed by atoms with Crippen LogP contribution >= 0.6 is 11.6 Å². The van der Waals surface area contributed by atoms with Gasteiger partial charge >= 0.3 is 6.09 Å². The van der Waals surface area contributed by atoms with Gasteiger partial charge in [0.05, 0.1) is 7.11 Å². The third-order valence-corrected chi connectivity index (χ3v) is 2.98. The minimum absolute atomic E-state index is 0.411. The molecule has 1 heterocycles. The van der Waals surface area contributed by atoms with Crippen LogP contribution in [0.3, 0.4) is 0 Å². The zero-order valence-electron chi connectivity index (χ0n) is 10.6. The number of imidazole rings is 1. The standard InChI is InChI=1S/C13H14ClN3O2/c1-17-7-6-15-12(17)11(16-13(18)19-2)9-4-3-5-10(14)8-9/h3-8,11H,1-2H3,(H,16,18). The lowest BCUT2D eigenvalue weighted by Crippen LogP contribution is -2.30. The second-order valence-corrected chi connectivity index (χ2v) is 4.46. The smallest absolute Gasteiger partial charge is 0.407 e. The average molecular weight is 280 g/mol. The number of carbonyl (C=O) groups is 1. The van der Waals surface area contributed by atoms with Crippen LogP contribution in [-0.4, -0.2) is 22.8 Å². The Hall–Kier alpha value is -2.01. The SMILES string of the molecule is COC(=O)NC(c1cccc(Cl)c1)c1nccn1C. The molecule has 0 spiro atoms. The fourth-order valence-electron chi connectivity index (χ4n) is 1.82. The van der Waals surface area contributed by atoms with E-state index in [1.807, 2.05) is 29.9 Å². The number of aryl methyl sites for hydroxylation is 1. The molecule has 0 aliphatic carbocycles. The van der Waals surface area contributed by atoms with Crippen LogP contribution in [0.2, 0.25) is 5.02 Å². The van der Waals surface area contributed by atoms with Crippen LogP contribution in [0.5, 0.6) is 0 Å². The summed E-state index contributed by atoms with van der Waals surface area (Å²) in [6, 6.07) is 6.86. The van der Waals surface area contributed by atoms with E-state index in [2.05, 4.69) is 15.0 Å². The van der Waals surface area contributed by atoms with Gasteiger partial charge in [0.15, 0.2) is 0 Å². The van der Waals surface area contributed by atoms with Crippen LogP contribution in [0, 0.1) is 0 Å². The second-order valence-electron chi connectivity index (χ2n) is 4.02. The van der Waals surface area contributed by atoms with E-state index in [9.17, 15) is 4.79 Å². The summed E-state index contributed by atoms with van der Waals surface area (Å²) in [6.45, 7) is 0. The van der Waals surface area contributed by atoms with Crippen molar-refractivity contribution in [2.24, 2.45) is 7.05 Å². The Balaban J connectivity index is 2.40. The first kappa shape index (κ1) is 13.4. The van der Waals surface area contributed by atoms with E-state index < -0.39 is 12.1 Å². The molecule has 19 heavy (non-hydrogen) atoms.